The molecule has 0 atom stereocenters. The molecule has 1 aromatic heterocycles. The highest BCUT2D eigenvalue weighted by atomic mass is 19.1. The van der Waals surface area contributed by atoms with Gasteiger partial charge in [0.25, 0.3) is 0 Å². The largest absolute Gasteiger partial charge is 0.494 e. The van der Waals surface area contributed by atoms with E-state index < -0.39 is 36.6 Å². The lowest BCUT2D eigenvalue weighted by molar-refractivity contribution is 0.00578. The molecule has 0 aliphatic carbocycles. The molecule has 3 heterocycles. The number of hydrogen-bond acceptors (Lipinski definition) is 6. The molecule has 2 fully saturated rings. The first-order chi connectivity index (χ1) is 32.6. The Morgan fingerprint density at radius 2 is 0.710 bits per heavy atom. The topological polar surface area (TPSA) is 48.3 Å². The highest BCUT2D eigenvalue weighted by Crippen LogP contribution is 2.44. The monoisotopic (exact) mass is 921 g/mol. The van der Waals surface area contributed by atoms with Crippen molar-refractivity contribution in [1.29, 1.82) is 0 Å². The molecular weight excluding hydrogens is 862 g/mol. The Morgan fingerprint density at radius 3 is 1.03 bits per heavy atom. The molecule has 0 radical (unpaired) electrons. The lowest BCUT2D eigenvalue weighted by atomic mass is 9.79. The van der Waals surface area contributed by atoms with Crippen LogP contribution in [0.15, 0.2) is 158 Å². The molecule has 0 N–H and O–H groups in total. The van der Waals surface area contributed by atoms with Crippen LogP contribution in [-0.2, 0) is 24.0 Å². The first-order valence-corrected chi connectivity index (χ1v) is 23.8. The Hall–Kier alpha value is -6.23. The van der Waals surface area contributed by atoms with E-state index in [9.17, 15) is 8.78 Å². The van der Waals surface area contributed by atoms with Gasteiger partial charge in [0.15, 0.2) is 0 Å². The average Bonchev–Trinajstić information content (AvgIpc) is 3.84. The van der Waals surface area contributed by atoms with Crippen molar-refractivity contribution < 1.29 is 27.4 Å². The zero-order valence-electron chi connectivity index (χ0n) is 41.4. The van der Waals surface area contributed by atoms with Gasteiger partial charge in [-0.1, -0.05) is 57.2 Å². The van der Waals surface area contributed by atoms with Gasteiger partial charge in [-0.2, -0.15) is 0 Å². The molecule has 0 amide bonds. The minimum absolute atomic E-state index is 0.0121. The molecule has 7 aromatic carbocycles. The number of benzene rings is 7. The predicted octanol–water partition coefficient (Wildman–Crippen LogP) is 13.9. The zero-order chi connectivity index (χ0) is 48.8. The van der Waals surface area contributed by atoms with Crippen molar-refractivity contribution in [3.8, 4) is 5.69 Å². The van der Waals surface area contributed by atoms with Crippen LogP contribution in [-0.4, -0.2) is 41.2 Å². The van der Waals surface area contributed by atoms with Gasteiger partial charge in [0.1, 0.15) is 11.6 Å². The van der Waals surface area contributed by atoms with Crippen molar-refractivity contribution in [2.24, 2.45) is 0 Å². The van der Waals surface area contributed by atoms with Crippen LogP contribution >= 0.6 is 0 Å². The smallest absolute Gasteiger partial charge is 0.399 e. The van der Waals surface area contributed by atoms with Gasteiger partial charge in [-0.05, 0) is 199 Å². The first-order valence-electron chi connectivity index (χ1n) is 23.8. The fourth-order valence-corrected chi connectivity index (χ4v) is 9.26. The zero-order valence-corrected chi connectivity index (χ0v) is 41.4. The Kier molecular flexibility index (Phi) is 11.3. The maximum Gasteiger partial charge on any atom is 0.494 e. The summed E-state index contributed by atoms with van der Waals surface area (Å²) in [4.78, 5) is 4.29. The number of hydrogen-bond donors (Lipinski definition) is 0. The van der Waals surface area contributed by atoms with E-state index in [0.717, 1.165) is 72.5 Å². The number of anilines is 6. The Balaban J connectivity index is 1.13. The van der Waals surface area contributed by atoms with Crippen molar-refractivity contribution in [3.63, 3.8) is 0 Å². The Morgan fingerprint density at radius 1 is 0.406 bits per heavy atom. The molecule has 2 aliphatic rings. The molecule has 0 spiro atoms. The molecule has 7 nitrogen and oxygen atoms in total. The fraction of sp³-hybridized carbons (Fsp3) is 0.276. The van der Waals surface area contributed by atoms with Crippen LogP contribution in [0.5, 0.6) is 0 Å². The third kappa shape index (κ3) is 8.43. The summed E-state index contributed by atoms with van der Waals surface area (Å²) in [5, 5.41) is 2.03. The van der Waals surface area contributed by atoms with Gasteiger partial charge in [-0.3, -0.25) is 0 Å². The summed E-state index contributed by atoms with van der Waals surface area (Å²) in [7, 11) is -1.03. The van der Waals surface area contributed by atoms with Gasteiger partial charge in [0.05, 0.1) is 33.4 Å². The lowest BCUT2D eigenvalue weighted by Gasteiger charge is -2.32. The van der Waals surface area contributed by atoms with E-state index in [2.05, 4.69) is 175 Å². The summed E-state index contributed by atoms with van der Waals surface area (Å²) >= 11 is 0. The van der Waals surface area contributed by atoms with Crippen LogP contribution < -0.4 is 20.7 Å². The molecule has 0 bridgehead atoms. The van der Waals surface area contributed by atoms with Gasteiger partial charge in [-0.25, -0.2) is 8.78 Å². The van der Waals surface area contributed by atoms with Gasteiger partial charge < -0.3 is 33.0 Å². The third-order valence-corrected chi connectivity index (χ3v) is 14.8. The van der Waals surface area contributed by atoms with Gasteiger partial charge in [0.2, 0.25) is 0 Å². The number of nitrogens with zero attached hydrogens (tertiary/aromatic N) is 3. The van der Waals surface area contributed by atoms with E-state index >= 15 is 0 Å². The predicted molar refractivity (Wildman–Crippen MR) is 280 cm³/mol. The van der Waals surface area contributed by atoms with Crippen molar-refractivity contribution in [2.45, 2.75) is 104 Å². The summed E-state index contributed by atoms with van der Waals surface area (Å²) in [6, 6.07) is 51.4. The van der Waals surface area contributed by atoms with E-state index in [4.69, 9.17) is 18.6 Å². The summed E-state index contributed by atoms with van der Waals surface area (Å²) in [5.74, 6) is -0.626. The molecule has 2 saturated heterocycles. The highest BCUT2D eigenvalue weighted by molar-refractivity contribution is 6.62. The second-order valence-electron chi connectivity index (χ2n) is 21.5. The standard InChI is InChI=1S/C58H59B2F2N3O4/c1-54(2,3)38-12-22-47(23-13-38)65-52-34-32-48(63(45-28-18-41(61)19-29-45)43-24-14-39(15-25-43)59-66-55(4,5)56(6,7)67-59)36-50(52)51-37-49(33-35-53(51)65)64(46-30-20-42(62)21-31-46)44-26-16-40(17-27-44)60-68-57(8,9)58(10,11)69-60/h12-37H,1-11H3. The van der Waals surface area contributed by atoms with Crippen LogP contribution in [0.2, 0.25) is 0 Å². The van der Waals surface area contributed by atoms with E-state index in [0.29, 0.717) is 0 Å². The summed E-state index contributed by atoms with van der Waals surface area (Å²) < 4.78 is 57.1. The minimum atomic E-state index is -0.514. The maximum absolute atomic E-state index is 14.6. The Bertz CT molecular complexity index is 2960. The van der Waals surface area contributed by atoms with Crippen molar-refractivity contribution in [2.75, 3.05) is 9.80 Å². The number of halogens is 2. The van der Waals surface area contributed by atoms with Crippen molar-refractivity contribution in [1.82, 2.24) is 4.57 Å². The molecule has 0 unspecified atom stereocenters. The van der Waals surface area contributed by atoms with Gasteiger partial charge >= 0.3 is 14.2 Å². The normalized spacial score (nSPS) is 17.2. The van der Waals surface area contributed by atoms with Crippen LogP contribution in [0.25, 0.3) is 27.5 Å². The maximum atomic E-state index is 14.6. The summed E-state index contributed by atoms with van der Waals surface area (Å²) in [6.45, 7) is 23.1. The first kappa shape index (κ1) is 46.5. The second-order valence-corrected chi connectivity index (χ2v) is 21.5. The van der Waals surface area contributed by atoms with E-state index in [1.54, 1.807) is 24.3 Å². The molecule has 11 heteroatoms. The van der Waals surface area contributed by atoms with Crippen LogP contribution in [0.1, 0.15) is 81.7 Å². The lowest BCUT2D eigenvalue weighted by Crippen LogP contribution is -2.41. The fourth-order valence-electron chi connectivity index (χ4n) is 9.26. The number of fused-ring (bicyclic) bond motifs is 3. The highest BCUT2D eigenvalue weighted by Gasteiger charge is 2.52. The summed E-state index contributed by atoms with van der Waals surface area (Å²) in [6.07, 6.45) is 0. The molecule has 10 rings (SSSR count). The van der Waals surface area contributed by atoms with Gasteiger partial charge in [-0.15, -0.1) is 0 Å². The van der Waals surface area contributed by atoms with Gasteiger partial charge in [0, 0.05) is 50.6 Å². The number of aromatic nitrogens is 1. The number of rotatable bonds is 9. The van der Waals surface area contributed by atoms with Crippen LogP contribution in [0.3, 0.4) is 0 Å². The van der Waals surface area contributed by atoms with E-state index in [1.165, 1.54) is 29.8 Å². The quantitative estimate of drug-likeness (QED) is 0.134. The van der Waals surface area contributed by atoms with Crippen LogP contribution in [0, 0.1) is 11.6 Å². The SMILES string of the molecule is CC(C)(C)c1ccc(-n2c3ccc(N(c4ccc(F)cc4)c4ccc(B5OC(C)(C)C(C)(C)O5)cc4)cc3c3cc(N(c4ccc(F)cc4)c4ccc(B5OC(C)(C)C(C)(C)O5)cc4)ccc32)cc1. The molecule has 8 aromatic rings. The molecule has 69 heavy (non-hydrogen) atoms. The second kappa shape index (κ2) is 16.7. The van der Waals surface area contributed by atoms with Crippen molar-refractivity contribution in [3.05, 3.63) is 175 Å². The molecule has 0 saturated carbocycles. The molecule has 2 aliphatic heterocycles. The molecule has 350 valence electrons. The Labute approximate surface area is 405 Å². The van der Waals surface area contributed by atoms with Crippen LogP contribution in [0.4, 0.5) is 42.9 Å². The molecular formula is C58H59B2F2N3O4. The van der Waals surface area contributed by atoms with E-state index in [-0.39, 0.29) is 17.0 Å². The minimum Gasteiger partial charge on any atom is -0.399 e. The van der Waals surface area contributed by atoms with Crippen molar-refractivity contribution >= 4 is 81.1 Å². The summed E-state index contributed by atoms with van der Waals surface area (Å²) in [5.41, 5.74) is 9.36. The average molecular weight is 922 g/mol. The third-order valence-electron chi connectivity index (χ3n) is 14.8. The van der Waals surface area contributed by atoms with E-state index in [1.807, 2.05) is 24.3 Å².